The van der Waals surface area contributed by atoms with Crippen LogP contribution in [0.5, 0.6) is 0 Å². The van der Waals surface area contributed by atoms with Gasteiger partial charge in [0.15, 0.2) is 0 Å². The molecule has 0 saturated carbocycles. The van der Waals surface area contributed by atoms with Gasteiger partial charge >= 0.3 is 0 Å². The number of para-hydroxylation sites is 2. The lowest BCUT2D eigenvalue weighted by atomic mass is 9.70. The van der Waals surface area contributed by atoms with Gasteiger partial charge in [0, 0.05) is 33.3 Å². The number of hydrogen-bond acceptors (Lipinski definition) is 0. The lowest BCUT2D eigenvalue weighted by Crippen LogP contribution is -2.26. The number of nitrogens with zero attached hydrogens (tertiary/aromatic N) is 2. The van der Waals surface area contributed by atoms with Crippen molar-refractivity contribution in [1.82, 2.24) is 9.13 Å². The minimum absolute atomic E-state index is 0.0161. The molecule has 2 heterocycles. The average Bonchev–Trinajstić information content (AvgIpc) is 3.42. The van der Waals surface area contributed by atoms with Gasteiger partial charge in [-0.2, -0.15) is 0 Å². The zero-order valence-electron chi connectivity index (χ0n) is 50.3. The predicted molar refractivity (Wildman–Crippen MR) is 353 cm³/mol. The Morgan fingerprint density at radius 3 is 0.892 bits per heavy atom. The molecular formula is C81H74N2. The second-order valence-corrected chi connectivity index (χ2v) is 27.8. The molecule has 2 aliphatic carbocycles. The van der Waals surface area contributed by atoms with Crippen LogP contribution in [0.25, 0.3) is 100 Å². The zero-order chi connectivity index (χ0) is 57.5. The van der Waals surface area contributed by atoms with Gasteiger partial charge in [0.1, 0.15) is 0 Å². The quantitative estimate of drug-likeness (QED) is 0.157. The maximum absolute atomic E-state index is 2.57. The summed E-state index contributed by atoms with van der Waals surface area (Å²) in [6.45, 7) is 27.6. The van der Waals surface area contributed by atoms with Gasteiger partial charge in [-0.05, 0) is 147 Å². The van der Waals surface area contributed by atoms with E-state index in [-0.39, 0.29) is 21.7 Å². The summed E-state index contributed by atoms with van der Waals surface area (Å²) in [5.41, 5.74) is 29.5. The summed E-state index contributed by atoms with van der Waals surface area (Å²) >= 11 is 0. The first kappa shape index (κ1) is 52.4. The molecule has 2 aromatic heterocycles. The van der Waals surface area contributed by atoms with Crippen LogP contribution in [-0.2, 0) is 27.1 Å². The van der Waals surface area contributed by atoms with Crippen LogP contribution < -0.4 is 0 Å². The van der Waals surface area contributed by atoms with Crippen molar-refractivity contribution in [2.45, 2.75) is 110 Å². The Hall–Kier alpha value is -8.72. The molecule has 1 spiro atoms. The molecule has 0 bridgehead atoms. The van der Waals surface area contributed by atoms with Crippen LogP contribution in [0.4, 0.5) is 0 Å². The van der Waals surface area contributed by atoms with E-state index in [2.05, 4.69) is 323 Å². The molecule has 0 amide bonds. The summed E-state index contributed by atoms with van der Waals surface area (Å²) in [6.07, 6.45) is 0. The van der Waals surface area contributed by atoms with Gasteiger partial charge in [-0.25, -0.2) is 0 Å². The fraction of sp³-hybridized carbons (Fsp3) is 0.210. The Morgan fingerprint density at radius 2 is 0.554 bits per heavy atom. The highest BCUT2D eigenvalue weighted by Crippen LogP contribution is 2.64. The van der Waals surface area contributed by atoms with E-state index in [1.165, 1.54) is 133 Å². The number of rotatable bonds is 6. The molecule has 14 rings (SSSR count). The molecule has 10 aromatic carbocycles. The molecule has 0 unspecified atom stereocenters. The van der Waals surface area contributed by atoms with Crippen LogP contribution in [0.3, 0.4) is 0 Å². The van der Waals surface area contributed by atoms with Gasteiger partial charge in [-0.1, -0.05) is 277 Å². The standard InChI is InChI=1S/C81H74N2/c1-77(2,3)55-37-29-51(30-38-55)73-65-23-15-19-27-71(65)82(75(73)53-33-41-57(42-34-53)79(7,8)9)59-45-47-63-64-48-46-60(50-70(64)81(69(63)49-59)67-25-17-13-21-61(67)62-22-14-18-26-68(62)81)83-72-28-20-16-24-66(72)74(52-31-39-56(40-32-52)78(4,5)6)76(83)54-35-43-58(44-36-54)80(10,11)12/h13-50H,1-12H3. The third-order valence-electron chi connectivity index (χ3n) is 18.5. The van der Waals surface area contributed by atoms with Gasteiger partial charge < -0.3 is 9.13 Å². The molecule has 0 radical (unpaired) electrons. The number of hydrogen-bond donors (Lipinski definition) is 0. The minimum atomic E-state index is -0.629. The molecule has 83 heavy (non-hydrogen) atoms. The Balaban J connectivity index is 1.04. The molecule has 12 aromatic rings. The van der Waals surface area contributed by atoms with E-state index in [1.54, 1.807) is 0 Å². The second kappa shape index (κ2) is 18.6. The molecule has 0 saturated heterocycles. The Labute approximate surface area is 491 Å². The topological polar surface area (TPSA) is 9.86 Å². The highest BCUT2D eigenvalue weighted by Gasteiger charge is 2.52. The van der Waals surface area contributed by atoms with Crippen molar-refractivity contribution in [2.75, 3.05) is 0 Å². The van der Waals surface area contributed by atoms with E-state index in [9.17, 15) is 0 Å². The van der Waals surface area contributed by atoms with Crippen molar-refractivity contribution < 1.29 is 0 Å². The molecular weight excluding hydrogens is 1000 g/mol. The lowest BCUT2D eigenvalue weighted by molar-refractivity contribution is 0.590. The SMILES string of the molecule is CC(C)(C)c1ccc(-c2c(-c3ccc(C(C)(C)C)cc3)n(-c3ccc4c(c3)C3(c5ccccc5-c5ccccc53)c3cc(-n5c(-c6ccc(C(C)(C)C)cc6)c(-c6ccc(C(C)(C)C)cc6)c6ccccc65)ccc3-4)c3ccccc23)cc1. The predicted octanol–water partition coefficient (Wildman–Crippen LogP) is 21.8. The average molecular weight is 1080 g/mol. The minimum Gasteiger partial charge on any atom is -0.309 e. The van der Waals surface area contributed by atoms with Gasteiger partial charge in [0.2, 0.25) is 0 Å². The Kier molecular flexibility index (Phi) is 11.8. The van der Waals surface area contributed by atoms with Crippen molar-refractivity contribution >= 4 is 21.8 Å². The van der Waals surface area contributed by atoms with Gasteiger partial charge in [0.05, 0.1) is 27.8 Å². The van der Waals surface area contributed by atoms with Crippen LogP contribution in [0.1, 0.15) is 128 Å². The highest BCUT2D eigenvalue weighted by atomic mass is 15.0. The van der Waals surface area contributed by atoms with Crippen molar-refractivity contribution in [1.29, 1.82) is 0 Å². The number of fused-ring (bicyclic) bond motifs is 12. The Morgan fingerprint density at radius 1 is 0.265 bits per heavy atom. The zero-order valence-corrected chi connectivity index (χ0v) is 50.3. The summed E-state index contributed by atoms with van der Waals surface area (Å²) in [5.74, 6) is 0. The van der Waals surface area contributed by atoms with E-state index >= 15 is 0 Å². The van der Waals surface area contributed by atoms with Crippen LogP contribution in [-0.4, -0.2) is 9.13 Å². The van der Waals surface area contributed by atoms with Gasteiger partial charge in [-0.15, -0.1) is 0 Å². The molecule has 0 N–H and O–H groups in total. The maximum Gasteiger partial charge on any atom is 0.0727 e. The van der Waals surface area contributed by atoms with Gasteiger partial charge in [0.25, 0.3) is 0 Å². The van der Waals surface area contributed by atoms with E-state index in [4.69, 9.17) is 0 Å². The molecule has 0 atom stereocenters. The van der Waals surface area contributed by atoms with Gasteiger partial charge in [-0.3, -0.25) is 0 Å². The lowest BCUT2D eigenvalue weighted by Gasteiger charge is -2.31. The van der Waals surface area contributed by atoms with Crippen molar-refractivity contribution in [3.63, 3.8) is 0 Å². The van der Waals surface area contributed by atoms with E-state index in [1.807, 2.05) is 0 Å². The third-order valence-corrected chi connectivity index (χ3v) is 18.5. The Bertz CT molecular complexity index is 4230. The normalized spacial score (nSPS) is 13.6. The summed E-state index contributed by atoms with van der Waals surface area (Å²) in [6, 6.07) is 88.9. The first-order valence-electron chi connectivity index (χ1n) is 29.9. The first-order chi connectivity index (χ1) is 39.7. The molecule has 2 heteroatoms. The summed E-state index contributed by atoms with van der Waals surface area (Å²) in [7, 11) is 0. The fourth-order valence-electron chi connectivity index (χ4n) is 14.1. The summed E-state index contributed by atoms with van der Waals surface area (Å²) < 4.78 is 5.14. The van der Waals surface area contributed by atoms with Crippen LogP contribution in [0, 0.1) is 0 Å². The molecule has 408 valence electrons. The molecule has 0 fully saturated rings. The monoisotopic (exact) mass is 1070 g/mol. The van der Waals surface area contributed by atoms with E-state index in [0.717, 1.165) is 11.4 Å². The van der Waals surface area contributed by atoms with Crippen LogP contribution >= 0.6 is 0 Å². The van der Waals surface area contributed by atoms with E-state index < -0.39 is 5.41 Å². The number of benzene rings is 10. The van der Waals surface area contributed by atoms with Crippen molar-refractivity contribution in [3.8, 4) is 78.4 Å². The van der Waals surface area contributed by atoms with E-state index in [0.29, 0.717) is 0 Å². The molecule has 2 aliphatic rings. The first-order valence-corrected chi connectivity index (χ1v) is 29.9. The van der Waals surface area contributed by atoms with Crippen LogP contribution in [0.2, 0.25) is 0 Å². The molecule has 0 aliphatic heterocycles. The summed E-state index contributed by atoms with van der Waals surface area (Å²) in [4.78, 5) is 0. The second-order valence-electron chi connectivity index (χ2n) is 27.8. The highest BCUT2D eigenvalue weighted by molar-refractivity contribution is 6.08. The maximum atomic E-state index is 2.57. The number of aromatic nitrogens is 2. The largest absolute Gasteiger partial charge is 0.309 e. The smallest absolute Gasteiger partial charge is 0.0727 e. The fourth-order valence-corrected chi connectivity index (χ4v) is 14.1. The molecule has 2 nitrogen and oxygen atoms in total. The third kappa shape index (κ3) is 8.19. The summed E-state index contributed by atoms with van der Waals surface area (Å²) in [5, 5.41) is 2.47. The van der Waals surface area contributed by atoms with Crippen molar-refractivity contribution in [2.24, 2.45) is 0 Å². The van der Waals surface area contributed by atoms with Crippen molar-refractivity contribution in [3.05, 3.63) is 275 Å². The van der Waals surface area contributed by atoms with Crippen LogP contribution in [0.15, 0.2) is 231 Å².